The largest absolute Gasteiger partial charge is 0.461 e. The molecule has 0 saturated heterocycles. The zero-order chi connectivity index (χ0) is 13.7. The van der Waals surface area contributed by atoms with Crippen molar-refractivity contribution in [3.8, 4) is 0 Å². The van der Waals surface area contributed by atoms with Crippen LogP contribution in [0.1, 0.15) is 43.1 Å². The van der Waals surface area contributed by atoms with Crippen LogP contribution in [0.5, 0.6) is 0 Å². The predicted octanol–water partition coefficient (Wildman–Crippen LogP) is 3.41. The van der Waals surface area contributed by atoms with E-state index in [-0.39, 0.29) is 5.97 Å². The molecule has 1 fully saturated rings. The van der Waals surface area contributed by atoms with Crippen molar-refractivity contribution >= 4 is 34.1 Å². The summed E-state index contributed by atoms with van der Waals surface area (Å²) in [4.78, 5) is 15.9. The third-order valence-corrected chi connectivity index (χ3v) is 5.18. The summed E-state index contributed by atoms with van der Waals surface area (Å²) in [6.45, 7) is 2.19. The highest BCUT2D eigenvalue weighted by atomic mass is 32.2. The fraction of sp³-hybridized carbons (Fsp3) is 0.692. The zero-order valence-electron chi connectivity index (χ0n) is 11.3. The third kappa shape index (κ3) is 3.86. The molecule has 6 heteroatoms. The highest BCUT2D eigenvalue weighted by molar-refractivity contribution is 7.99. The molecule has 1 aliphatic carbocycles. The summed E-state index contributed by atoms with van der Waals surface area (Å²) in [5, 5.41) is 5.05. The Kier molecular flexibility index (Phi) is 5.51. The van der Waals surface area contributed by atoms with Crippen LogP contribution in [-0.4, -0.2) is 35.1 Å². The maximum atomic E-state index is 11.8. The molecule has 1 N–H and O–H groups in total. The molecule has 106 valence electrons. The van der Waals surface area contributed by atoms with E-state index in [0.717, 1.165) is 23.1 Å². The molecule has 19 heavy (non-hydrogen) atoms. The second kappa shape index (κ2) is 7.14. The molecule has 0 aromatic carbocycles. The van der Waals surface area contributed by atoms with Gasteiger partial charge in [0.05, 0.1) is 12.1 Å². The van der Waals surface area contributed by atoms with Crippen molar-refractivity contribution in [2.75, 3.05) is 18.2 Å². The average molecular weight is 300 g/mol. The molecule has 1 heterocycles. The van der Waals surface area contributed by atoms with Crippen LogP contribution < -0.4 is 5.32 Å². The van der Waals surface area contributed by atoms with Crippen molar-refractivity contribution in [1.29, 1.82) is 0 Å². The molecule has 0 radical (unpaired) electrons. The number of nitrogens with one attached hydrogen (secondary N) is 1. The number of hydrogen-bond acceptors (Lipinski definition) is 6. The number of thioether (sulfide) groups is 1. The van der Waals surface area contributed by atoms with E-state index in [4.69, 9.17) is 4.74 Å². The molecule has 1 saturated carbocycles. The summed E-state index contributed by atoms with van der Waals surface area (Å²) in [7, 11) is 0. The first-order valence-electron chi connectivity index (χ1n) is 6.64. The Bertz CT molecular complexity index is 423. The van der Waals surface area contributed by atoms with Gasteiger partial charge in [0, 0.05) is 11.3 Å². The molecule has 1 aromatic rings. The van der Waals surface area contributed by atoms with Crippen molar-refractivity contribution in [2.24, 2.45) is 0 Å². The van der Waals surface area contributed by atoms with E-state index >= 15 is 0 Å². The molecule has 4 nitrogen and oxygen atoms in total. The fourth-order valence-electron chi connectivity index (χ4n) is 2.37. The van der Waals surface area contributed by atoms with Gasteiger partial charge in [-0.3, -0.25) is 0 Å². The fourth-order valence-corrected chi connectivity index (χ4v) is 3.94. The van der Waals surface area contributed by atoms with E-state index < -0.39 is 0 Å². The van der Waals surface area contributed by atoms with E-state index in [1.165, 1.54) is 24.2 Å². The van der Waals surface area contributed by atoms with Gasteiger partial charge in [0.2, 0.25) is 0 Å². The molecule has 1 aliphatic rings. The van der Waals surface area contributed by atoms with Gasteiger partial charge in [0.1, 0.15) is 5.00 Å². The van der Waals surface area contributed by atoms with Crippen LogP contribution in [0.2, 0.25) is 0 Å². The molecule has 2 rings (SSSR count). The smallest absolute Gasteiger partial charge is 0.360 e. The van der Waals surface area contributed by atoms with Gasteiger partial charge in [-0.2, -0.15) is 11.8 Å². The lowest BCUT2D eigenvalue weighted by Gasteiger charge is -2.29. The lowest BCUT2D eigenvalue weighted by molar-refractivity contribution is 0.0521. The molecule has 2 atom stereocenters. The molecule has 1 aromatic heterocycles. The lowest BCUT2D eigenvalue weighted by Crippen LogP contribution is -2.28. The van der Waals surface area contributed by atoms with Gasteiger partial charge in [0.25, 0.3) is 0 Å². The van der Waals surface area contributed by atoms with Crippen LogP contribution in [-0.2, 0) is 4.74 Å². The zero-order valence-corrected chi connectivity index (χ0v) is 13.0. The first-order valence-corrected chi connectivity index (χ1v) is 8.81. The topological polar surface area (TPSA) is 51.2 Å². The quantitative estimate of drug-likeness (QED) is 0.845. The predicted molar refractivity (Wildman–Crippen MR) is 81.3 cm³/mol. The molecule has 0 aliphatic heterocycles. The van der Waals surface area contributed by atoms with Crippen LogP contribution in [0.15, 0.2) is 5.51 Å². The van der Waals surface area contributed by atoms with E-state index in [2.05, 4.69) is 16.6 Å². The van der Waals surface area contributed by atoms with Crippen molar-refractivity contribution in [3.63, 3.8) is 0 Å². The van der Waals surface area contributed by atoms with E-state index in [1.807, 2.05) is 18.7 Å². The van der Waals surface area contributed by atoms with Gasteiger partial charge < -0.3 is 10.1 Å². The minimum Gasteiger partial charge on any atom is -0.461 e. The van der Waals surface area contributed by atoms with Crippen molar-refractivity contribution in [1.82, 2.24) is 4.98 Å². The number of carbonyl (C=O) groups excluding carboxylic acids is 1. The van der Waals surface area contributed by atoms with E-state index in [9.17, 15) is 4.79 Å². The Balaban J connectivity index is 1.99. The number of ether oxygens (including phenoxy) is 1. The Morgan fingerprint density at radius 1 is 1.63 bits per heavy atom. The number of nitrogens with zero attached hydrogens (tertiary/aromatic N) is 1. The Morgan fingerprint density at radius 3 is 3.21 bits per heavy atom. The number of anilines is 1. The standard InChI is InChI=1S/C13H20N2O2S2/c1-3-17-13(16)11-12(19-8-14-11)15-9-5-4-6-10(7-9)18-2/h8-10,15H,3-7H2,1-2H3. The maximum Gasteiger partial charge on any atom is 0.360 e. The number of rotatable bonds is 5. The van der Waals surface area contributed by atoms with Gasteiger partial charge in [-0.05, 0) is 32.4 Å². The van der Waals surface area contributed by atoms with Gasteiger partial charge >= 0.3 is 5.97 Å². The Hall–Kier alpha value is -0.750. The van der Waals surface area contributed by atoms with Crippen molar-refractivity contribution < 1.29 is 9.53 Å². The first-order chi connectivity index (χ1) is 9.24. The molecular formula is C13H20N2O2S2. The highest BCUT2D eigenvalue weighted by Crippen LogP contribution is 2.31. The summed E-state index contributed by atoms with van der Waals surface area (Å²) in [6, 6.07) is 0.444. The van der Waals surface area contributed by atoms with Crippen molar-refractivity contribution in [3.05, 3.63) is 11.2 Å². The molecular weight excluding hydrogens is 280 g/mol. The minimum atomic E-state index is -0.330. The maximum absolute atomic E-state index is 11.8. The van der Waals surface area contributed by atoms with Crippen LogP contribution in [0, 0.1) is 0 Å². The van der Waals surface area contributed by atoms with Gasteiger partial charge in [-0.1, -0.05) is 6.42 Å². The summed E-state index contributed by atoms with van der Waals surface area (Å²) in [5.74, 6) is -0.330. The second-order valence-electron chi connectivity index (χ2n) is 4.62. The number of carbonyl (C=O) groups is 1. The van der Waals surface area contributed by atoms with Crippen molar-refractivity contribution in [2.45, 2.75) is 43.9 Å². The van der Waals surface area contributed by atoms with Gasteiger partial charge in [0.15, 0.2) is 5.69 Å². The second-order valence-corrected chi connectivity index (χ2v) is 6.61. The normalized spacial score (nSPS) is 23.1. The summed E-state index contributed by atoms with van der Waals surface area (Å²) in [6.07, 6.45) is 7.03. The number of esters is 1. The Labute approximate surface area is 122 Å². The van der Waals surface area contributed by atoms with Gasteiger partial charge in [-0.15, -0.1) is 11.3 Å². The third-order valence-electron chi connectivity index (χ3n) is 3.33. The number of aromatic nitrogens is 1. The molecule has 0 spiro atoms. The molecule has 2 unspecified atom stereocenters. The summed E-state index contributed by atoms with van der Waals surface area (Å²) in [5.41, 5.74) is 2.13. The van der Waals surface area contributed by atoms with Crippen LogP contribution in [0.4, 0.5) is 5.00 Å². The first kappa shape index (κ1) is 14.7. The minimum absolute atomic E-state index is 0.330. The summed E-state index contributed by atoms with van der Waals surface area (Å²) < 4.78 is 5.02. The SMILES string of the molecule is CCOC(=O)c1ncsc1NC1CCCC(SC)C1. The van der Waals surface area contributed by atoms with Crippen LogP contribution >= 0.6 is 23.1 Å². The van der Waals surface area contributed by atoms with Gasteiger partial charge in [-0.25, -0.2) is 9.78 Å². The Morgan fingerprint density at radius 2 is 2.47 bits per heavy atom. The van der Waals surface area contributed by atoms with Crippen LogP contribution in [0.3, 0.4) is 0 Å². The lowest BCUT2D eigenvalue weighted by atomic mass is 9.95. The van der Waals surface area contributed by atoms with Crippen LogP contribution in [0.25, 0.3) is 0 Å². The molecule has 0 bridgehead atoms. The monoisotopic (exact) mass is 300 g/mol. The number of hydrogen-bond donors (Lipinski definition) is 1. The average Bonchev–Trinajstić information content (AvgIpc) is 2.87. The van der Waals surface area contributed by atoms with E-state index in [0.29, 0.717) is 18.3 Å². The number of thiazole rings is 1. The van der Waals surface area contributed by atoms with E-state index in [1.54, 1.807) is 5.51 Å². The summed E-state index contributed by atoms with van der Waals surface area (Å²) >= 11 is 3.41. The highest BCUT2D eigenvalue weighted by Gasteiger charge is 2.24. The molecule has 0 amide bonds.